The molecule has 0 bridgehead atoms. The molecule has 0 aliphatic carbocycles. The fourth-order valence-electron chi connectivity index (χ4n) is 2.01. The van der Waals surface area contributed by atoms with Gasteiger partial charge in [0.2, 0.25) is 0 Å². The van der Waals surface area contributed by atoms with Crippen molar-refractivity contribution in [3.8, 4) is 0 Å². The fraction of sp³-hybridized carbons (Fsp3) is 0.667. The van der Waals surface area contributed by atoms with Crippen LogP contribution in [0.4, 0.5) is 0 Å². The average molecular weight is 209 g/mol. The van der Waals surface area contributed by atoms with E-state index in [2.05, 4.69) is 11.4 Å². The van der Waals surface area contributed by atoms with Crippen LogP contribution < -0.4 is 5.32 Å². The van der Waals surface area contributed by atoms with E-state index in [4.69, 9.17) is 9.15 Å². The molecule has 0 radical (unpaired) electrons. The lowest BCUT2D eigenvalue weighted by atomic mass is 10.1. The van der Waals surface area contributed by atoms with Gasteiger partial charge in [0.1, 0.15) is 11.5 Å². The second-order valence-electron chi connectivity index (χ2n) is 4.30. The Morgan fingerprint density at radius 1 is 1.47 bits per heavy atom. The Morgan fingerprint density at radius 2 is 2.33 bits per heavy atom. The number of nitrogens with one attached hydrogen (secondary N) is 1. The van der Waals surface area contributed by atoms with Crippen LogP contribution in [0.3, 0.4) is 0 Å². The highest BCUT2D eigenvalue weighted by Gasteiger charge is 2.15. The molecule has 1 aromatic heterocycles. The summed E-state index contributed by atoms with van der Waals surface area (Å²) < 4.78 is 10.8. The lowest BCUT2D eigenvalue weighted by molar-refractivity contribution is 0.185. The van der Waals surface area contributed by atoms with Gasteiger partial charge in [-0.1, -0.05) is 0 Å². The van der Waals surface area contributed by atoms with E-state index in [0.717, 1.165) is 37.8 Å². The second-order valence-corrected chi connectivity index (χ2v) is 4.30. The monoisotopic (exact) mass is 209 g/mol. The number of ether oxygens (including phenoxy) is 1. The highest BCUT2D eigenvalue weighted by Crippen LogP contribution is 2.14. The van der Waals surface area contributed by atoms with Crippen molar-refractivity contribution in [3.63, 3.8) is 0 Å². The van der Waals surface area contributed by atoms with Gasteiger partial charge < -0.3 is 14.5 Å². The molecule has 1 aliphatic rings. The third kappa shape index (κ3) is 2.83. The Balaban J connectivity index is 1.75. The SMILES string of the molecule is Cc1cc(CNCC2CCOC2)c(C)o1. The highest BCUT2D eigenvalue weighted by molar-refractivity contribution is 5.19. The normalized spacial score (nSPS) is 21.1. The first-order chi connectivity index (χ1) is 7.25. The fourth-order valence-corrected chi connectivity index (χ4v) is 2.01. The Morgan fingerprint density at radius 3 is 2.93 bits per heavy atom. The van der Waals surface area contributed by atoms with Crippen LogP contribution >= 0.6 is 0 Å². The van der Waals surface area contributed by atoms with Crippen molar-refractivity contribution >= 4 is 0 Å². The third-order valence-electron chi connectivity index (χ3n) is 2.92. The summed E-state index contributed by atoms with van der Waals surface area (Å²) in [6, 6.07) is 2.10. The van der Waals surface area contributed by atoms with Crippen molar-refractivity contribution in [2.75, 3.05) is 19.8 Å². The molecule has 1 atom stereocenters. The van der Waals surface area contributed by atoms with E-state index in [1.54, 1.807) is 0 Å². The topological polar surface area (TPSA) is 34.4 Å². The summed E-state index contributed by atoms with van der Waals surface area (Å²) in [6.07, 6.45) is 1.19. The maximum atomic E-state index is 5.47. The van der Waals surface area contributed by atoms with E-state index >= 15 is 0 Å². The Kier molecular flexibility index (Phi) is 3.44. The minimum absolute atomic E-state index is 0.693. The van der Waals surface area contributed by atoms with Gasteiger partial charge in [0.05, 0.1) is 6.61 Å². The van der Waals surface area contributed by atoms with Crippen molar-refractivity contribution in [2.24, 2.45) is 5.92 Å². The van der Waals surface area contributed by atoms with Crippen LogP contribution in [-0.4, -0.2) is 19.8 Å². The molecule has 1 N–H and O–H groups in total. The van der Waals surface area contributed by atoms with E-state index in [1.807, 2.05) is 13.8 Å². The quantitative estimate of drug-likeness (QED) is 0.824. The minimum atomic E-state index is 0.693. The molecule has 1 aliphatic heterocycles. The number of hydrogen-bond donors (Lipinski definition) is 1. The molecule has 1 unspecified atom stereocenters. The standard InChI is InChI=1S/C12H19NO2/c1-9-5-12(10(2)15-9)7-13-6-11-3-4-14-8-11/h5,11,13H,3-4,6-8H2,1-2H3. The first kappa shape index (κ1) is 10.7. The molecule has 15 heavy (non-hydrogen) atoms. The van der Waals surface area contributed by atoms with Gasteiger partial charge in [-0.25, -0.2) is 0 Å². The summed E-state index contributed by atoms with van der Waals surface area (Å²) in [6.45, 7) is 7.79. The number of rotatable bonds is 4. The maximum Gasteiger partial charge on any atom is 0.105 e. The molecule has 0 aromatic carbocycles. The lowest BCUT2D eigenvalue weighted by Gasteiger charge is -2.08. The predicted molar refractivity (Wildman–Crippen MR) is 58.8 cm³/mol. The van der Waals surface area contributed by atoms with Gasteiger partial charge in [0.15, 0.2) is 0 Å². The lowest BCUT2D eigenvalue weighted by Crippen LogP contribution is -2.22. The van der Waals surface area contributed by atoms with Crippen molar-refractivity contribution < 1.29 is 9.15 Å². The molecule has 3 nitrogen and oxygen atoms in total. The summed E-state index contributed by atoms with van der Waals surface area (Å²) >= 11 is 0. The molecule has 84 valence electrons. The molecule has 0 saturated carbocycles. The van der Waals surface area contributed by atoms with Crippen LogP contribution in [0.2, 0.25) is 0 Å². The smallest absolute Gasteiger partial charge is 0.105 e. The van der Waals surface area contributed by atoms with Crippen LogP contribution in [0, 0.1) is 19.8 Å². The van der Waals surface area contributed by atoms with Gasteiger partial charge >= 0.3 is 0 Å². The summed E-state index contributed by atoms with van der Waals surface area (Å²) in [5, 5.41) is 3.46. The summed E-state index contributed by atoms with van der Waals surface area (Å²) in [7, 11) is 0. The van der Waals surface area contributed by atoms with E-state index < -0.39 is 0 Å². The molecule has 1 aromatic rings. The average Bonchev–Trinajstić information content (AvgIpc) is 2.77. The Bertz CT molecular complexity index is 313. The van der Waals surface area contributed by atoms with E-state index in [0.29, 0.717) is 5.92 Å². The van der Waals surface area contributed by atoms with Crippen LogP contribution in [0.5, 0.6) is 0 Å². The molecular formula is C12H19NO2. The van der Waals surface area contributed by atoms with Gasteiger partial charge in [-0.15, -0.1) is 0 Å². The van der Waals surface area contributed by atoms with E-state index in [9.17, 15) is 0 Å². The van der Waals surface area contributed by atoms with Crippen LogP contribution in [0.25, 0.3) is 0 Å². The second kappa shape index (κ2) is 4.81. The summed E-state index contributed by atoms with van der Waals surface area (Å²) in [5.74, 6) is 2.72. The molecular weight excluding hydrogens is 190 g/mol. The largest absolute Gasteiger partial charge is 0.466 e. The van der Waals surface area contributed by atoms with E-state index in [1.165, 1.54) is 12.0 Å². The van der Waals surface area contributed by atoms with Crippen molar-refractivity contribution in [2.45, 2.75) is 26.8 Å². The van der Waals surface area contributed by atoms with Crippen LogP contribution in [0.15, 0.2) is 10.5 Å². The number of hydrogen-bond acceptors (Lipinski definition) is 3. The van der Waals surface area contributed by atoms with Crippen LogP contribution in [0.1, 0.15) is 23.5 Å². The number of furan rings is 1. The zero-order chi connectivity index (χ0) is 10.7. The zero-order valence-corrected chi connectivity index (χ0v) is 9.51. The van der Waals surface area contributed by atoms with Gasteiger partial charge in [-0.2, -0.15) is 0 Å². The first-order valence-corrected chi connectivity index (χ1v) is 5.60. The first-order valence-electron chi connectivity index (χ1n) is 5.60. The summed E-state index contributed by atoms with van der Waals surface area (Å²) in [4.78, 5) is 0. The maximum absolute atomic E-state index is 5.47. The Hall–Kier alpha value is -0.800. The molecule has 3 heteroatoms. The van der Waals surface area contributed by atoms with Crippen LogP contribution in [-0.2, 0) is 11.3 Å². The Labute approximate surface area is 90.8 Å². The molecule has 1 fully saturated rings. The van der Waals surface area contributed by atoms with Gasteiger partial charge in [-0.3, -0.25) is 0 Å². The molecule has 0 spiro atoms. The predicted octanol–water partition coefficient (Wildman–Crippen LogP) is 2.02. The highest BCUT2D eigenvalue weighted by atomic mass is 16.5. The molecule has 0 amide bonds. The third-order valence-corrected chi connectivity index (χ3v) is 2.92. The minimum Gasteiger partial charge on any atom is -0.466 e. The van der Waals surface area contributed by atoms with Gasteiger partial charge in [0.25, 0.3) is 0 Å². The van der Waals surface area contributed by atoms with Crippen molar-refractivity contribution in [3.05, 3.63) is 23.2 Å². The van der Waals surface area contributed by atoms with Crippen molar-refractivity contribution in [1.82, 2.24) is 5.32 Å². The zero-order valence-electron chi connectivity index (χ0n) is 9.51. The molecule has 2 rings (SSSR count). The molecule has 1 saturated heterocycles. The summed E-state index contributed by atoms with van der Waals surface area (Å²) in [5.41, 5.74) is 1.27. The van der Waals surface area contributed by atoms with Gasteiger partial charge in [-0.05, 0) is 32.3 Å². The van der Waals surface area contributed by atoms with Crippen molar-refractivity contribution in [1.29, 1.82) is 0 Å². The van der Waals surface area contributed by atoms with E-state index in [-0.39, 0.29) is 0 Å². The molecule has 2 heterocycles. The number of aryl methyl sites for hydroxylation is 2. The van der Waals surface area contributed by atoms with Gasteiger partial charge in [0, 0.05) is 25.3 Å².